The maximum absolute atomic E-state index is 11.5. The van der Waals surface area contributed by atoms with Crippen LogP contribution in [-0.4, -0.2) is 34.6 Å². The minimum atomic E-state index is -0.945. The lowest BCUT2D eigenvalue weighted by Crippen LogP contribution is -2.24. The van der Waals surface area contributed by atoms with Crippen molar-refractivity contribution in [3.05, 3.63) is 83.2 Å². The average Bonchev–Trinajstić information content (AvgIpc) is 3.55. The van der Waals surface area contributed by atoms with Crippen LogP contribution in [0.4, 0.5) is 5.69 Å². The second kappa shape index (κ2) is 7.58. The molecule has 2 aromatic carbocycles. The van der Waals surface area contributed by atoms with Crippen LogP contribution >= 0.6 is 0 Å². The monoisotopic (exact) mass is 399 g/mol. The summed E-state index contributed by atoms with van der Waals surface area (Å²) in [6, 6.07) is 17.3. The third-order valence-corrected chi connectivity index (χ3v) is 6.28. The van der Waals surface area contributed by atoms with Crippen molar-refractivity contribution in [2.24, 2.45) is 0 Å². The van der Waals surface area contributed by atoms with Crippen molar-refractivity contribution >= 4 is 11.7 Å². The van der Waals surface area contributed by atoms with Crippen LogP contribution in [0.25, 0.3) is 11.1 Å². The van der Waals surface area contributed by atoms with Crippen molar-refractivity contribution in [1.29, 1.82) is 0 Å². The van der Waals surface area contributed by atoms with E-state index in [0.29, 0.717) is 12.2 Å². The Morgan fingerprint density at radius 2 is 2.00 bits per heavy atom. The van der Waals surface area contributed by atoms with Crippen LogP contribution in [0, 0.1) is 0 Å². The molecule has 0 radical (unpaired) electrons. The number of anilines is 1. The smallest absolute Gasteiger partial charge is 0.337 e. The Hall–Kier alpha value is -3.18. The molecule has 5 rings (SSSR count). The van der Waals surface area contributed by atoms with Crippen LogP contribution in [0.1, 0.15) is 51.8 Å². The molecule has 0 saturated heterocycles. The highest BCUT2D eigenvalue weighted by Crippen LogP contribution is 2.45. The van der Waals surface area contributed by atoms with Crippen LogP contribution in [0.5, 0.6) is 0 Å². The maximum atomic E-state index is 11.5. The zero-order chi connectivity index (χ0) is 20.7. The zero-order valence-electron chi connectivity index (χ0n) is 17.0. The van der Waals surface area contributed by atoms with Crippen molar-refractivity contribution in [3.8, 4) is 11.1 Å². The molecule has 1 aliphatic heterocycles. The van der Waals surface area contributed by atoms with Gasteiger partial charge in [-0.1, -0.05) is 36.4 Å². The van der Waals surface area contributed by atoms with E-state index in [0.717, 1.165) is 12.5 Å². The second-order valence-corrected chi connectivity index (χ2v) is 8.31. The van der Waals surface area contributed by atoms with E-state index < -0.39 is 5.97 Å². The van der Waals surface area contributed by atoms with E-state index in [1.165, 1.54) is 52.9 Å². The van der Waals surface area contributed by atoms with Gasteiger partial charge in [0.25, 0.3) is 0 Å². The minimum Gasteiger partial charge on any atom is -0.478 e. The summed E-state index contributed by atoms with van der Waals surface area (Å²) in [6.07, 6.45) is 5.68. The van der Waals surface area contributed by atoms with Gasteiger partial charge in [0.05, 0.1) is 23.5 Å². The van der Waals surface area contributed by atoms with Gasteiger partial charge in [-0.25, -0.2) is 4.79 Å². The number of rotatable bonds is 6. The Morgan fingerprint density at radius 1 is 1.17 bits per heavy atom. The van der Waals surface area contributed by atoms with E-state index in [9.17, 15) is 9.90 Å². The molecule has 2 N–H and O–H groups in total. The molecule has 1 aromatic heterocycles. The van der Waals surface area contributed by atoms with Gasteiger partial charge in [0, 0.05) is 19.3 Å². The van der Waals surface area contributed by atoms with Crippen molar-refractivity contribution < 1.29 is 9.90 Å². The third-order valence-electron chi connectivity index (χ3n) is 6.28. The molecule has 3 aromatic rings. The molecule has 1 atom stereocenters. The first-order valence-electron chi connectivity index (χ1n) is 10.5. The summed E-state index contributed by atoms with van der Waals surface area (Å²) in [6.45, 7) is 1.52. The Labute approximate surface area is 176 Å². The SMILES string of the molecule is CN1Cc2cc(-c3ccccc3C3CC3)ccc2[C@H]1CNc1cnccc1C(=O)O. The van der Waals surface area contributed by atoms with E-state index in [4.69, 9.17) is 0 Å². The summed E-state index contributed by atoms with van der Waals surface area (Å²) >= 11 is 0. The molecule has 0 unspecified atom stereocenters. The van der Waals surface area contributed by atoms with Gasteiger partial charge in [-0.3, -0.25) is 9.88 Å². The largest absolute Gasteiger partial charge is 0.478 e. The van der Waals surface area contributed by atoms with Gasteiger partial charge in [0.1, 0.15) is 0 Å². The van der Waals surface area contributed by atoms with E-state index in [2.05, 4.69) is 64.7 Å². The van der Waals surface area contributed by atoms with E-state index in [-0.39, 0.29) is 11.6 Å². The summed E-state index contributed by atoms with van der Waals surface area (Å²) in [7, 11) is 2.12. The summed E-state index contributed by atoms with van der Waals surface area (Å²) in [4.78, 5) is 17.8. The number of benzene rings is 2. The van der Waals surface area contributed by atoms with Crippen molar-refractivity contribution in [1.82, 2.24) is 9.88 Å². The van der Waals surface area contributed by atoms with Gasteiger partial charge in [0.2, 0.25) is 0 Å². The topological polar surface area (TPSA) is 65.5 Å². The number of nitrogens with zero attached hydrogens (tertiary/aromatic N) is 2. The number of hydrogen-bond acceptors (Lipinski definition) is 4. The van der Waals surface area contributed by atoms with Crippen molar-refractivity contribution in [2.75, 3.05) is 18.9 Å². The highest BCUT2D eigenvalue weighted by Gasteiger charge is 2.29. The number of carbonyl (C=O) groups is 1. The van der Waals surface area contributed by atoms with Gasteiger partial charge < -0.3 is 10.4 Å². The predicted octanol–water partition coefficient (Wildman–Crippen LogP) is 4.92. The van der Waals surface area contributed by atoms with E-state index in [1.807, 2.05) is 0 Å². The summed E-state index contributed by atoms with van der Waals surface area (Å²) in [5.74, 6) is -0.226. The molecule has 5 heteroatoms. The number of nitrogens with one attached hydrogen (secondary N) is 1. The highest BCUT2D eigenvalue weighted by atomic mass is 16.4. The number of hydrogen-bond donors (Lipinski definition) is 2. The summed E-state index contributed by atoms with van der Waals surface area (Å²) in [5, 5.41) is 12.7. The standard InChI is InChI=1S/C25H25N3O2/c1-28-15-18-12-17(20-5-3-2-4-19(20)16-6-7-16)8-9-21(18)24(28)14-27-23-13-26-11-10-22(23)25(29)30/h2-5,8-13,16,24,27H,6-7,14-15H2,1H3,(H,29,30)/t24-/m1/s1. The molecule has 2 aliphatic rings. The molecule has 0 spiro atoms. The number of likely N-dealkylation sites (N-methyl/N-ethyl adjacent to an activating group) is 1. The quantitative estimate of drug-likeness (QED) is 0.616. The molecule has 1 aliphatic carbocycles. The van der Waals surface area contributed by atoms with Gasteiger partial charge in [0.15, 0.2) is 0 Å². The molecule has 1 saturated carbocycles. The first kappa shape index (κ1) is 18.8. The van der Waals surface area contributed by atoms with Gasteiger partial charge >= 0.3 is 5.97 Å². The van der Waals surface area contributed by atoms with Crippen molar-refractivity contribution in [2.45, 2.75) is 31.3 Å². The van der Waals surface area contributed by atoms with Gasteiger partial charge in [-0.05, 0) is 65.8 Å². The third kappa shape index (κ3) is 3.46. The highest BCUT2D eigenvalue weighted by molar-refractivity contribution is 5.93. The predicted molar refractivity (Wildman–Crippen MR) is 118 cm³/mol. The van der Waals surface area contributed by atoms with Gasteiger partial charge in [-0.15, -0.1) is 0 Å². The average molecular weight is 399 g/mol. The van der Waals surface area contributed by atoms with E-state index >= 15 is 0 Å². The molecule has 0 amide bonds. The Morgan fingerprint density at radius 3 is 2.80 bits per heavy atom. The molecule has 2 heterocycles. The molecular weight excluding hydrogens is 374 g/mol. The number of fused-ring (bicyclic) bond motifs is 1. The van der Waals surface area contributed by atoms with Crippen LogP contribution in [0.2, 0.25) is 0 Å². The Balaban J connectivity index is 1.40. The molecule has 30 heavy (non-hydrogen) atoms. The Bertz CT molecular complexity index is 1110. The number of aromatic carboxylic acids is 1. The van der Waals surface area contributed by atoms with E-state index in [1.54, 1.807) is 6.20 Å². The number of carboxylic acid groups (broad SMARTS) is 1. The normalized spacial score (nSPS) is 18.2. The van der Waals surface area contributed by atoms with Crippen LogP contribution in [0.3, 0.4) is 0 Å². The van der Waals surface area contributed by atoms with Crippen LogP contribution < -0.4 is 5.32 Å². The fourth-order valence-corrected chi connectivity index (χ4v) is 4.56. The van der Waals surface area contributed by atoms with Crippen molar-refractivity contribution in [3.63, 3.8) is 0 Å². The molecular formula is C25H25N3O2. The number of carboxylic acids is 1. The molecule has 1 fully saturated rings. The lowest BCUT2D eigenvalue weighted by molar-refractivity contribution is 0.0697. The number of aromatic nitrogens is 1. The van der Waals surface area contributed by atoms with Gasteiger partial charge in [-0.2, -0.15) is 0 Å². The zero-order valence-corrected chi connectivity index (χ0v) is 17.0. The van der Waals surface area contributed by atoms with Crippen LogP contribution in [0.15, 0.2) is 60.9 Å². The van der Waals surface area contributed by atoms with Crippen LogP contribution in [-0.2, 0) is 6.54 Å². The molecule has 152 valence electrons. The summed E-state index contributed by atoms with van der Waals surface area (Å²) in [5.41, 5.74) is 7.57. The molecule has 0 bridgehead atoms. The maximum Gasteiger partial charge on any atom is 0.337 e. The number of pyridine rings is 1. The fraction of sp³-hybridized carbons (Fsp3) is 0.280. The first-order valence-corrected chi connectivity index (χ1v) is 10.5. The lowest BCUT2D eigenvalue weighted by atomic mass is 9.93. The Kier molecular flexibility index (Phi) is 4.75. The summed E-state index contributed by atoms with van der Waals surface area (Å²) < 4.78 is 0. The molecule has 5 nitrogen and oxygen atoms in total. The lowest BCUT2D eigenvalue weighted by Gasteiger charge is -2.22. The second-order valence-electron chi connectivity index (χ2n) is 8.31. The first-order chi connectivity index (χ1) is 14.6. The minimum absolute atomic E-state index is 0.189. The fourth-order valence-electron chi connectivity index (χ4n) is 4.56.